The Labute approximate surface area is 169 Å². The number of piperazine rings is 1. The van der Waals surface area contributed by atoms with E-state index in [1.165, 1.54) is 9.80 Å². The van der Waals surface area contributed by atoms with E-state index in [0.29, 0.717) is 11.4 Å². The van der Waals surface area contributed by atoms with Crippen molar-refractivity contribution in [1.29, 1.82) is 0 Å². The molecule has 2 aromatic rings. The number of carbonyl (C=O) groups excluding carboxylic acids is 2. The number of nitrogens with one attached hydrogen (secondary N) is 1. The van der Waals surface area contributed by atoms with Gasteiger partial charge >= 0.3 is 0 Å². The number of carbonyl (C=O) groups is 2. The Kier molecular flexibility index (Phi) is 5.24. The lowest BCUT2D eigenvalue weighted by atomic mass is 10.1. The van der Waals surface area contributed by atoms with Gasteiger partial charge in [0.05, 0.1) is 45.4 Å². The lowest BCUT2D eigenvalue weighted by molar-refractivity contribution is -0.915. The lowest BCUT2D eigenvalue weighted by Gasteiger charge is -2.35. The monoisotopic (exact) mass is 400 g/mol. The van der Waals surface area contributed by atoms with Gasteiger partial charge in [-0.25, -0.2) is 4.90 Å². The summed E-state index contributed by atoms with van der Waals surface area (Å²) < 4.78 is 5.22. The Balaban J connectivity index is 1.44. The number of nitrogens with zero attached hydrogens (tertiary/aromatic N) is 2. The van der Waals surface area contributed by atoms with Crippen molar-refractivity contribution in [3.63, 3.8) is 0 Å². The van der Waals surface area contributed by atoms with Crippen molar-refractivity contribution in [2.24, 2.45) is 0 Å². The molecule has 2 aromatic carbocycles. The number of methoxy groups -OCH3 is 1. The molecule has 1 N–H and O–H groups in total. The summed E-state index contributed by atoms with van der Waals surface area (Å²) in [6, 6.07) is 14.6. The number of quaternary nitrogens is 1. The fourth-order valence-electron chi connectivity index (χ4n) is 4.05. The molecular formula is C21H23ClN3O3+. The maximum Gasteiger partial charge on any atom is 0.292 e. The molecular weight excluding hydrogens is 378 g/mol. The molecule has 28 heavy (non-hydrogen) atoms. The molecule has 6 nitrogen and oxygen atoms in total. The number of amides is 2. The van der Waals surface area contributed by atoms with Crippen LogP contribution in [0.25, 0.3) is 0 Å². The van der Waals surface area contributed by atoms with Crippen LogP contribution < -0.4 is 19.4 Å². The molecule has 1 atom stereocenters. The van der Waals surface area contributed by atoms with Gasteiger partial charge in [-0.3, -0.25) is 9.59 Å². The van der Waals surface area contributed by atoms with Gasteiger partial charge < -0.3 is 14.5 Å². The van der Waals surface area contributed by atoms with Crippen LogP contribution in [-0.4, -0.2) is 51.1 Å². The highest BCUT2D eigenvalue weighted by atomic mass is 35.5. The van der Waals surface area contributed by atoms with E-state index in [4.69, 9.17) is 16.3 Å². The molecule has 2 heterocycles. The molecule has 2 aliphatic heterocycles. The van der Waals surface area contributed by atoms with Crippen molar-refractivity contribution in [3.05, 3.63) is 53.6 Å². The van der Waals surface area contributed by atoms with Crippen LogP contribution in [0.2, 0.25) is 5.02 Å². The Bertz CT molecular complexity index is 896. The summed E-state index contributed by atoms with van der Waals surface area (Å²) in [6.07, 6.45) is 0.253. The zero-order valence-corrected chi connectivity index (χ0v) is 16.5. The van der Waals surface area contributed by atoms with Crippen LogP contribution in [0.1, 0.15) is 6.42 Å². The fraction of sp³-hybridized carbons (Fsp3) is 0.333. The molecule has 146 valence electrons. The first-order valence-electron chi connectivity index (χ1n) is 9.43. The molecule has 4 rings (SSSR count). The zero-order chi connectivity index (χ0) is 19.7. The van der Waals surface area contributed by atoms with Gasteiger partial charge in [-0.1, -0.05) is 23.7 Å². The van der Waals surface area contributed by atoms with Gasteiger partial charge in [0.2, 0.25) is 5.91 Å². The average molecular weight is 401 g/mol. The van der Waals surface area contributed by atoms with E-state index in [2.05, 4.69) is 4.90 Å². The van der Waals surface area contributed by atoms with Crippen molar-refractivity contribution < 1.29 is 19.2 Å². The van der Waals surface area contributed by atoms with Gasteiger partial charge in [0, 0.05) is 16.8 Å². The van der Waals surface area contributed by atoms with E-state index >= 15 is 0 Å². The Morgan fingerprint density at radius 2 is 1.75 bits per heavy atom. The topological polar surface area (TPSA) is 54.3 Å². The number of ether oxygens (including phenoxy) is 1. The lowest BCUT2D eigenvalue weighted by Crippen LogP contribution is -3.19. The minimum Gasteiger partial charge on any atom is -0.497 e. The molecule has 0 spiro atoms. The Morgan fingerprint density at radius 3 is 2.46 bits per heavy atom. The van der Waals surface area contributed by atoms with Gasteiger partial charge in [-0.15, -0.1) is 0 Å². The van der Waals surface area contributed by atoms with Gasteiger partial charge in [0.1, 0.15) is 5.75 Å². The molecule has 0 aliphatic carbocycles. The van der Waals surface area contributed by atoms with E-state index < -0.39 is 0 Å². The third-order valence-corrected chi connectivity index (χ3v) is 5.77. The van der Waals surface area contributed by atoms with Gasteiger partial charge in [0.25, 0.3) is 5.91 Å². The zero-order valence-electron chi connectivity index (χ0n) is 15.7. The summed E-state index contributed by atoms with van der Waals surface area (Å²) in [7, 11) is 1.57. The van der Waals surface area contributed by atoms with Crippen molar-refractivity contribution in [2.45, 2.75) is 12.5 Å². The average Bonchev–Trinajstić information content (AvgIpc) is 3.02. The van der Waals surface area contributed by atoms with E-state index in [1.807, 2.05) is 24.3 Å². The summed E-state index contributed by atoms with van der Waals surface area (Å²) in [4.78, 5) is 30.4. The van der Waals surface area contributed by atoms with Crippen LogP contribution in [0.3, 0.4) is 0 Å². The predicted molar refractivity (Wildman–Crippen MR) is 108 cm³/mol. The summed E-state index contributed by atoms with van der Waals surface area (Å²) >= 11 is 6.10. The molecule has 2 aliphatic rings. The quantitative estimate of drug-likeness (QED) is 0.788. The van der Waals surface area contributed by atoms with Crippen LogP contribution in [0.15, 0.2) is 48.5 Å². The van der Waals surface area contributed by atoms with Gasteiger partial charge in [-0.05, 0) is 30.3 Å². The summed E-state index contributed by atoms with van der Waals surface area (Å²) in [5.74, 6) is 0.363. The van der Waals surface area contributed by atoms with Crippen molar-refractivity contribution in [3.8, 4) is 5.75 Å². The minimum atomic E-state index is -0.319. The SMILES string of the molecule is COc1cccc(N2C(=O)C[C@H]([NH+]3CCN(c4cccc(Cl)c4)CC3)C2=O)c1. The van der Waals surface area contributed by atoms with Crippen molar-refractivity contribution >= 4 is 34.8 Å². The highest BCUT2D eigenvalue weighted by Crippen LogP contribution is 2.26. The number of anilines is 2. The second-order valence-corrected chi connectivity index (χ2v) is 7.59. The second-order valence-electron chi connectivity index (χ2n) is 7.15. The Hall–Kier alpha value is -2.57. The third-order valence-electron chi connectivity index (χ3n) is 5.53. The molecule has 0 radical (unpaired) electrons. The summed E-state index contributed by atoms with van der Waals surface area (Å²) in [6.45, 7) is 3.27. The Morgan fingerprint density at radius 1 is 1.04 bits per heavy atom. The first-order valence-corrected chi connectivity index (χ1v) is 9.80. The van der Waals surface area contributed by atoms with Crippen LogP contribution in [0.4, 0.5) is 11.4 Å². The van der Waals surface area contributed by atoms with E-state index in [0.717, 1.165) is 36.9 Å². The first-order chi connectivity index (χ1) is 13.6. The fourth-order valence-corrected chi connectivity index (χ4v) is 4.23. The molecule has 2 fully saturated rings. The standard InChI is InChI=1S/C21H22ClN3O3/c1-28-18-7-3-6-17(13-18)25-20(26)14-19(21(25)27)24-10-8-23(9-11-24)16-5-2-4-15(22)12-16/h2-7,12-13,19H,8-11,14H2,1H3/p+1/t19-/m0/s1. The van der Waals surface area contributed by atoms with Crippen LogP contribution >= 0.6 is 11.6 Å². The van der Waals surface area contributed by atoms with E-state index in [9.17, 15) is 9.59 Å². The van der Waals surface area contributed by atoms with E-state index in [1.54, 1.807) is 31.4 Å². The maximum atomic E-state index is 13.0. The molecule has 2 saturated heterocycles. The molecule has 2 amide bonds. The first kappa shape index (κ1) is 18.8. The smallest absolute Gasteiger partial charge is 0.292 e. The largest absolute Gasteiger partial charge is 0.497 e. The highest BCUT2D eigenvalue weighted by Gasteiger charge is 2.46. The summed E-state index contributed by atoms with van der Waals surface area (Å²) in [5, 5.41) is 0.720. The molecule has 0 aromatic heterocycles. The predicted octanol–water partition coefficient (Wildman–Crippen LogP) is 1.39. The van der Waals surface area contributed by atoms with Crippen LogP contribution in [-0.2, 0) is 9.59 Å². The molecule has 7 heteroatoms. The molecule has 0 saturated carbocycles. The van der Waals surface area contributed by atoms with Gasteiger partial charge in [-0.2, -0.15) is 0 Å². The third kappa shape index (κ3) is 3.57. The number of imide groups is 1. The second kappa shape index (κ2) is 7.81. The number of benzene rings is 2. The van der Waals surface area contributed by atoms with Crippen molar-refractivity contribution in [2.75, 3.05) is 43.1 Å². The number of hydrogen-bond acceptors (Lipinski definition) is 4. The highest BCUT2D eigenvalue weighted by molar-refractivity contribution is 6.30. The number of hydrogen-bond donors (Lipinski definition) is 1. The minimum absolute atomic E-state index is 0.121. The molecule has 0 unspecified atom stereocenters. The normalized spacial score (nSPS) is 20.7. The van der Waals surface area contributed by atoms with Gasteiger partial charge in [0.15, 0.2) is 6.04 Å². The van der Waals surface area contributed by atoms with Crippen LogP contribution in [0.5, 0.6) is 5.75 Å². The van der Waals surface area contributed by atoms with Crippen LogP contribution in [0, 0.1) is 0 Å². The maximum absolute atomic E-state index is 13.0. The number of halogens is 1. The number of rotatable bonds is 4. The van der Waals surface area contributed by atoms with Crippen molar-refractivity contribution in [1.82, 2.24) is 0 Å². The van der Waals surface area contributed by atoms with E-state index in [-0.39, 0.29) is 24.3 Å². The summed E-state index contributed by atoms with van der Waals surface area (Å²) in [5.41, 5.74) is 1.67. The molecule has 0 bridgehead atoms.